The second-order valence-electron chi connectivity index (χ2n) is 8.56. The van der Waals surface area contributed by atoms with Gasteiger partial charge in [-0.15, -0.1) is 0 Å². The van der Waals surface area contributed by atoms with E-state index in [1.807, 2.05) is 13.8 Å². The van der Waals surface area contributed by atoms with E-state index in [0.29, 0.717) is 40.2 Å². The average Bonchev–Trinajstić information content (AvgIpc) is 2.84. The maximum absolute atomic E-state index is 13.4. The van der Waals surface area contributed by atoms with Gasteiger partial charge in [0.15, 0.2) is 0 Å². The molecule has 0 radical (unpaired) electrons. The Bertz CT molecular complexity index is 1180. The summed E-state index contributed by atoms with van der Waals surface area (Å²) in [6, 6.07) is 11.1. The molecule has 0 aliphatic carbocycles. The molecule has 0 saturated heterocycles. The molecule has 1 atom stereocenters. The van der Waals surface area contributed by atoms with E-state index >= 15 is 0 Å². The monoisotopic (exact) mass is 571 g/mol. The van der Waals surface area contributed by atoms with Gasteiger partial charge in [0.1, 0.15) is 11.8 Å². The fourth-order valence-corrected chi connectivity index (χ4v) is 5.17. The van der Waals surface area contributed by atoms with Crippen molar-refractivity contribution in [3.05, 3.63) is 58.1 Å². The van der Waals surface area contributed by atoms with Crippen LogP contribution in [0, 0.1) is 0 Å². The zero-order chi connectivity index (χ0) is 27.6. The number of sulfonamides is 1. The number of para-hydroxylation sites is 2. The van der Waals surface area contributed by atoms with Crippen LogP contribution in [0.5, 0.6) is 5.75 Å². The maximum atomic E-state index is 13.4. The van der Waals surface area contributed by atoms with Crippen LogP contribution in [0.15, 0.2) is 42.5 Å². The number of hydrogen-bond acceptors (Lipinski definition) is 5. The lowest BCUT2D eigenvalue weighted by Gasteiger charge is -2.30. The molecular formula is C26H35Cl2N3O5S. The first kappa shape index (κ1) is 30.7. The largest absolute Gasteiger partial charge is 0.492 e. The van der Waals surface area contributed by atoms with Crippen molar-refractivity contribution in [2.75, 3.05) is 30.3 Å². The SMILES string of the molecule is CCCNC(=O)C(C)N(Cc1ccc(Cl)cc1Cl)C(=O)CCCN(c1ccccc1OCC)S(C)(=O)=O. The lowest BCUT2D eigenvalue weighted by Crippen LogP contribution is -2.48. The Morgan fingerprint density at radius 2 is 1.81 bits per heavy atom. The molecule has 2 rings (SSSR count). The number of benzene rings is 2. The van der Waals surface area contributed by atoms with Crippen molar-refractivity contribution >= 4 is 50.7 Å². The van der Waals surface area contributed by atoms with Crippen molar-refractivity contribution in [2.24, 2.45) is 0 Å². The Morgan fingerprint density at radius 3 is 2.43 bits per heavy atom. The van der Waals surface area contributed by atoms with Crippen molar-refractivity contribution in [2.45, 2.75) is 52.6 Å². The molecule has 0 aromatic heterocycles. The summed E-state index contributed by atoms with van der Waals surface area (Å²) in [6.07, 6.45) is 2.15. The number of carbonyl (C=O) groups is 2. The number of ether oxygens (including phenoxy) is 1. The number of anilines is 1. The summed E-state index contributed by atoms with van der Waals surface area (Å²) < 4.78 is 32.0. The first-order valence-corrected chi connectivity index (χ1v) is 14.8. The highest BCUT2D eigenvalue weighted by Gasteiger charge is 2.27. The van der Waals surface area contributed by atoms with E-state index in [1.54, 1.807) is 49.4 Å². The van der Waals surface area contributed by atoms with Crippen LogP contribution in [0.4, 0.5) is 5.69 Å². The van der Waals surface area contributed by atoms with Crippen LogP contribution >= 0.6 is 23.2 Å². The van der Waals surface area contributed by atoms with Crippen molar-refractivity contribution in [3.63, 3.8) is 0 Å². The summed E-state index contributed by atoms with van der Waals surface area (Å²) in [5.74, 6) is -0.123. The molecule has 0 aliphatic heterocycles. The van der Waals surface area contributed by atoms with Crippen LogP contribution < -0.4 is 14.4 Å². The van der Waals surface area contributed by atoms with E-state index in [1.165, 1.54) is 9.21 Å². The number of halogens is 2. The summed E-state index contributed by atoms with van der Waals surface area (Å²) in [7, 11) is -3.64. The highest BCUT2D eigenvalue weighted by atomic mass is 35.5. The minimum Gasteiger partial charge on any atom is -0.492 e. The summed E-state index contributed by atoms with van der Waals surface area (Å²) in [6.45, 7) is 6.48. The topological polar surface area (TPSA) is 96.0 Å². The first-order chi connectivity index (χ1) is 17.5. The quantitative estimate of drug-likeness (QED) is 0.348. The fraction of sp³-hybridized carbons (Fsp3) is 0.462. The Balaban J connectivity index is 2.23. The molecule has 1 unspecified atom stereocenters. The third kappa shape index (κ3) is 9.09. The predicted octanol–water partition coefficient (Wildman–Crippen LogP) is 4.88. The van der Waals surface area contributed by atoms with Gasteiger partial charge in [-0.25, -0.2) is 8.42 Å². The number of nitrogens with zero attached hydrogens (tertiary/aromatic N) is 2. The number of carbonyl (C=O) groups excluding carboxylic acids is 2. The summed E-state index contributed by atoms with van der Waals surface area (Å²) in [5, 5.41) is 3.68. The zero-order valence-electron chi connectivity index (χ0n) is 21.7. The second kappa shape index (κ2) is 14.4. The molecule has 2 aromatic carbocycles. The van der Waals surface area contributed by atoms with Crippen molar-refractivity contribution < 1.29 is 22.7 Å². The van der Waals surface area contributed by atoms with E-state index in [2.05, 4.69) is 5.32 Å². The number of hydrogen-bond donors (Lipinski definition) is 1. The third-order valence-electron chi connectivity index (χ3n) is 5.66. The van der Waals surface area contributed by atoms with Gasteiger partial charge in [0.2, 0.25) is 21.8 Å². The van der Waals surface area contributed by atoms with Gasteiger partial charge in [-0.05, 0) is 56.5 Å². The molecular weight excluding hydrogens is 537 g/mol. The summed E-state index contributed by atoms with van der Waals surface area (Å²) in [5.41, 5.74) is 1.06. The molecule has 0 spiro atoms. The molecule has 0 aliphatic rings. The van der Waals surface area contributed by atoms with Crippen LogP contribution in [0.2, 0.25) is 10.0 Å². The van der Waals surface area contributed by atoms with E-state index in [-0.39, 0.29) is 37.7 Å². The van der Waals surface area contributed by atoms with Gasteiger partial charge in [0.05, 0.1) is 18.6 Å². The lowest BCUT2D eigenvalue weighted by atomic mass is 10.1. The van der Waals surface area contributed by atoms with E-state index < -0.39 is 16.1 Å². The highest BCUT2D eigenvalue weighted by molar-refractivity contribution is 7.92. The Kier molecular flexibility index (Phi) is 12.0. The van der Waals surface area contributed by atoms with Crippen molar-refractivity contribution in [1.29, 1.82) is 0 Å². The summed E-state index contributed by atoms with van der Waals surface area (Å²) >= 11 is 12.4. The van der Waals surface area contributed by atoms with Crippen LogP contribution in [-0.2, 0) is 26.2 Å². The minimum atomic E-state index is -3.64. The number of amides is 2. The zero-order valence-corrected chi connectivity index (χ0v) is 24.0. The van der Waals surface area contributed by atoms with Gasteiger partial charge in [-0.1, -0.05) is 48.3 Å². The molecule has 11 heteroatoms. The summed E-state index contributed by atoms with van der Waals surface area (Å²) in [4.78, 5) is 27.5. The fourth-order valence-electron chi connectivity index (χ4n) is 3.74. The van der Waals surface area contributed by atoms with Gasteiger partial charge in [0, 0.05) is 36.1 Å². The van der Waals surface area contributed by atoms with Gasteiger partial charge in [-0.2, -0.15) is 0 Å². The molecule has 1 N–H and O–H groups in total. The Morgan fingerprint density at radius 1 is 1.11 bits per heavy atom. The van der Waals surface area contributed by atoms with Crippen LogP contribution in [0.25, 0.3) is 0 Å². The van der Waals surface area contributed by atoms with E-state index in [0.717, 1.165) is 12.7 Å². The standard InChI is InChI=1S/C26H35Cl2N3O5S/c1-5-15-29-26(33)19(3)30(18-20-13-14-21(27)17-22(20)28)25(32)12-9-16-31(37(4,34)35)23-10-7-8-11-24(23)36-6-2/h7-8,10-11,13-14,17,19H,5-6,9,12,15-16,18H2,1-4H3,(H,29,33). The highest BCUT2D eigenvalue weighted by Crippen LogP contribution is 2.30. The van der Waals surface area contributed by atoms with Gasteiger partial charge in [-0.3, -0.25) is 13.9 Å². The minimum absolute atomic E-state index is 0.0272. The molecule has 37 heavy (non-hydrogen) atoms. The van der Waals surface area contributed by atoms with Crippen molar-refractivity contribution in [3.8, 4) is 5.75 Å². The lowest BCUT2D eigenvalue weighted by molar-refractivity contribution is -0.140. The number of nitrogens with one attached hydrogen (secondary N) is 1. The van der Waals surface area contributed by atoms with Crippen molar-refractivity contribution in [1.82, 2.24) is 10.2 Å². The molecule has 0 saturated carbocycles. The first-order valence-electron chi connectivity index (χ1n) is 12.2. The van der Waals surface area contributed by atoms with E-state index in [4.69, 9.17) is 27.9 Å². The Hall–Kier alpha value is -2.49. The van der Waals surface area contributed by atoms with Gasteiger partial charge < -0.3 is 15.0 Å². The van der Waals surface area contributed by atoms with Crippen LogP contribution in [-0.4, -0.2) is 57.1 Å². The molecule has 0 fully saturated rings. The molecule has 204 valence electrons. The predicted molar refractivity (Wildman–Crippen MR) is 149 cm³/mol. The van der Waals surface area contributed by atoms with Gasteiger partial charge in [0.25, 0.3) is 0 Å². The van der Waals surface area contributed by atoms with Crippen LogP contribution in [0.3, 0.4) is 0 Å². The smallest absolute Gasteiger partial charge is 0.242 e. The Labute approximate surface area is 229 Å². The maximum Gasteiger partial charge on any atom is 0.242 e. The molecule has 2 amide bonds. The number of rotatable bonds is 14. The van der Waals surface area contributed by atoms with E-state index in [9.17, 15) is 18.0 Å². The third-order valence-corrected chi connectivity index (χ3v) is 7.43. The molecule has 2 aromatic rings. The second-order valence-corrected chi connectivity index (χ2v) is 11.3. The normalized spacial score (nSPS) is 12.1. The molecule has 0 heterocycles. The average molecular weight is 573 g/mol. The van der Waals surface area contributed by atoms with Crippen LogP contribution in [0.1, 0.15) is 45.6 Å². The van der Waals surface area contributed by atoms with Gasteiger partial charge >= 0.3 is 0 Å². The molecule has 0 bridgehead atoms. The molecule has 8 nitrogen and oxygen atoms in total.